The number of nitrogens with zero attached hydrogens (tertiary/aromatic N) is 1. The van der Waals surface area contributed by atoms with Gasteiger partial charge in [0.25, 0.3) is 0 Å². The fourth-order valence-corrected chi connectivity index (χ4v) is 6.19. The second-order valence-corrected chi connectivity index (χ2v) is 8.78. The van der Waals surface area contributed by atoms with Crippen LogP contribution in [-0.4, -0.2) is 42.1 Å². The molecule has 4 fully saturated rings. The third-order valence-corrected chi connectivity index (χ3v) is 7.34. The van der Waals surface area contributed by atoms with Crippen LogP contribution >= 0.6 is 0 Å². The molecule has 0 spiro atoms. The number of piperidine rings is 1. The van der Waals surface area contributed by atoms with Crippen LogP contribution in [0, 0.1) is 23.7 Å². The summed E-state index contributed by atoms with van der Waals surface area (Å²) in [6.45, 7) is 6.73. The van der Waals surface area contributed by atoms with Gasteiger partial charge in [-0.15, -0.1) is 0 Å². The first-order chi connectivity index (χ1) is 11.1. The molecular formula is C19H33N3O. The summed E-state index contributed by atoms with van der Waals surface area (Å²) in [5, 5.41) is 6.59. The molecule has 0 aromatic rings. The molecule has 0 unspecified atom stereocenters. The monoisotopic (exact) mass is 319 g/mol. The van der Waals surface area contributed by atoms with Crippen molar-refractivity contribution in [2.75, 3.05) is 13.1 Å². The summed E-state index contributed by atoms with van der Waals surface area (Å²) in [6, 6.07) is 1.54. The van der Waals surface area contributed by atoms with Crippen molar-refractivity contribution in [3.05, 3.63) is 0 Å². The zero-order chi connectivity index (χ0) is 16.0. The molecule has 5 atom stereocenters. The predicted molar refractivity (Wildman–Crippen MR) is 92.2 cm³/mol. The van der Waals surface area contributed by atoms with Gasteiger partial charge in [0, 0.05) is 31.2 Å². The third kappa shape index (κ3) is 2.99. The van der Waals surface area contributed by atoms with Gasteiger partial charge in [-0.05, 0) is 76.0 Å². The normalized spacial score (nSPS) is 40.6. The van der Waals surface area contributed by atoms with Crippen LogP contribution in [-0.2, 0) is 0 Å². The van der Waals surface area contributed by atoms with Gasteiger partial charge in [-0.2, -0.15) is 0 Å². The Kier molecular flexibility index (Phi) is 4.29. The fourth-order valence-electron chi connectivity index (χ4n) is 6.19. The first-order valence-electron chi connectivity index (χ1n) is 9.93. The first-order valence-corrected chi connectivity index (χ1v) is 9.93. The molecule has 4 heteroatoms. The topological polar surface area (TPSA) is 44.4 Å². The lowest BCUT2D eigenvalue weighted by Crippen LogP contribution is -2.52. The van der Waals surface area contributed by atoms with Gasteiger partial charge in [-0.1, -0.05) is 6.42 Å². The van der Waals surface area contributed by atoms with Gasteiger partial charge in [0.1, 0.15) is 0 Å². The molecule has 4 nitrogen and oxygen atoms in total. The molecule has 3 saturated carbocycles. The van der Waals surface area contributed by atoms with Gasteiger partial charge in [0.2, 0.25) is 0 Å². The molecule has 3 aliphatic carbocycles. The standard InChI is InChI=1S/C19H33N3O/c1-12(2)22-8-6-14(7-9-22)20-19(23)21-18-11-13-10-17(18)16-5-3-4-15(13)16/h12-18H,3-11H2,1-2H3,(H2,20,21,23)/t13-,15+,16+,17+,18-/m1/s1. The van der Waals surface area contributed by atoms with E-state index in [0.717, 1.165) is 49.6 Å². The lowest BCUT2D eigenvalue weighted by molar-refractivity contribution is 0.158. The van der Waals surface area contributed by atoms with E-state index in [1.165, 1.54) is 32.1 Å². The number of hydrogen-bond donors (Lipinski definition) is 2. The van der Waals surface area contributed by atoms with Crippen LogP contribution in [0.4, 0.5) is 4.79 Å². The van der Waals surface area contributed by atoms with Crippen LogP contribution in [0.15, 0.2) is 0 Å². The van der Waals surface area contributed by atoms with E-state index in [2.05, 4.69) is 29.4 Å². The highest BCUT2D eigenvalue weighted by Crippen LogP contribution is 2.58. The summed E-state index contributed by atoms with van der Waals surface area (Å²) in [5.41, 5.74) is 0. The van der Waals surface area contributed by atoms with Crippen LogP contribution in [0.1, 0.15) is 58.8 Å². The lowest BCUT2D eigenvalue weighted by Gasteiger charge is -2.36. The van der Waals surface area contributed by atoms with Crippen LogP contribution in [0.25, 0.3) is 0 Å². The van der Waals surface area contributed by atoms with Crippen LogP contribution in [0.5, 0.6) is 0 Å². The number of fused-ring (bicyclic) bond motifs is 5. The van der Waals surface area contributed by atoms with Gasteiger partial charge < -0.3 is 15.5 Å². The van der Waals surface area contributed by atoms with Crippen molar-refractivity contribution in [3.8, 4) is 0 Å². The van der Waals surface area contributed by atoms with E-state index < -0.39 is 0 Å². The summed E-state index contributed by atoms with van der Waals surface area (Å²) in [6.07, 6.45) is 9.10. The Morgan fingerprint density at radius 3 is 2.43 bits per heavy atom. The molecule has 4 aliphatic rings. The minimum Gasteiger partial charge on any atom is -0.335 e. The molecular weight excluding hydrogens is 286 g/mol. The minimum atomic E-state index is 0.0973. The van der Waals surface area contributed by atoms with E-state index >= 15 is 0 Å². The molecule has 0 radical (unpaired) electrons. The molecule has 0 aromatic heterocycles. The maximum atomic E-state index is 12.4. The number of carbonyl (C=O) groups is 1. The van der Waals surface area contributed by atoms with Gasteiger partial charge in [-0.3, -0.25) is 0 Å². The second kappa shape index (κ2) is 6.27. The maximum absolute atomic E-state index is 12.4. The predicted octanol–water partition coefficient (Wildman–Crippen LogP) is 2.98. The number of amides is 2. The van der Waals surface area contributed by atoms with E-state index in [1.807, 2.05) is 0 Å². The number of likely N-dealkylation sites (tertiary alicyclic amines) is 1. The summed E-state index contributed by atoms with van der Waals surface area (Å²) < 4.78 is 0. The molecule has 2 amide bonds. The molecule has 1 heterocycles. The SMILES string of the molecule is CC(C)N1CCC(NC(=O)N[C@@H]2C[C@H]3C[C@H]2[C@H]2CCC[C@@H]32)CC1. The van der Waals surface area contributed by atoms with Crippen molar-refractivity contribution in [2.24, 2.45) is 23.7 Å². The summed E-state index contributed by atoms with van der Waals surface area (Å²) in [5.74, 6) is 3.61. The van der Waals surface area contributed by atoms with Crippen molar-refractivity contribution in [3.63, 3.8) is 0 Å². The molecule has 4 rings (SSSR count). The van der Waals surface area contributed by atoms with Crippen molar-refractivity contribution in [2.45, 2.75) is 76.9 Å². The number of carbonyl (C=O) groups excluding carboxylic acids is 1. The molecule has 0 aromatic carbocycles. The highest BCUT2D eigenvalue weighted by atomic mass is 16.2. The van der Waals surface area contributed by atoms with Gasteiger partial charge in [0.05, 0.1) is 0 Å². The second-order valence-electron chi connectivity index (χ2n) is 8.78. The fraction of sp³-hybridized carbons (Fsp3) is 0.947. The summed E-state index contributed by atoms with van der Waals surface area (Å²) in [7, 11) is 0. The van der Waals surface area contributed by atoms with E-state index in [4.69, 9.17) is 0 Å². The average molecular weight is 319 g/mol. The smallest absolute Gasteiger partial charge is 0.315 e. The molecule has 1 aliphatic heterocycles. The third-order valence-electron chi connectivity index (χ3n) is 7.34. The van der Waals surface area contributed by atoms with Crippen molar-refractivity contribution >= 4 is 6.03 Å². The van der Waals surface area contributed by atoms with E-state index in [0.29, 0.717) is 18.1 Å². The Morgan fingerprint density at radius 2 is 1.70 bits per heavy atom. The highest BCUT2D eigenvalue weighted by molar-refractivity contribution is 5.74. The van der Waals surface area contributed by atoms with Crippen LogP contribution in [0.2, 0.25) is 0 Å². The van der Waals surface area contributed by atoms with Crippen LogP contribution < -0.4 is 10.6 Å². The number of hydrogen-bond acceptors (Lipinski definition) is 2. The Labute approximate surface area is 140 Å². The summed E-state index contributed by atoms with van der Waals surface area (Å²) >= 11 is 0. The molecule has 23 heavy (non-hydrogen) atoms. The quantitative estimate of drug-likeness (QED) is 0.840. The Bertz CT molecular complexity index is 444. The van der Waals surface area contributed by atoms with Crippen molar-refractivity contribution < 1.29 is 4.79 Å². The van der Waals surface area contributed by atoms with E-state index in [-0.39, 0.29) is 6.03 Å². The molecule has 130 valence electrons. The lowest BCUT2D eigenvalue weighted by atomic mass is 9.79. The zero-order valence-corrected chi connectivity index (χ0v) is 14.8. The molecule has 2 bridgehead atoms. The molecule has 2 N–H and O–H groups in total. The van der Waals surface area contributed by atoms with Gasteiger partial charge in [0.15, 0.2) is 0 Å². The van der Waals surface area contributed by atoms with Crippen molar-refractivity contribution in [1.29, 1.82) is 0 Å². The average Bonchev–Trinajstić information content (AvgIpc) is 3.19. The first kappa shape index (κ1) is 15.7. The van der Waals surface area contributed by atoms with Gasteiger partial charge in [-0.25, -0.2) is 4.79 Å². The van der Waals surface area contributed by atoms with Crippen molar-refractivity contribution in [1.82, 2.24) is 15.5 Å². The summed E-state index contributed by atoms with van der Waals surface area (Å²) in [4.78, 5) is 14.9. The van der Waals surface area contributed by atoms with Crippen LogP contribution in [0.3, 0.4) is 0 Å². The van der Waals surface area contributed by atoms with Gasteiger partial charge >= 0.3 is 6.03 Å². The number of rotatable bonds is 3. The number of nitrogens with one attached hydrogen (secondary N) is 2. The maximum Gasteiger partial charge on any atom is 0.315 e. The molecule has 1 saturated heterocycles. The number of urea groups is 1. The van der Waals surface area contributed by atoms with E-state index in [1.54, 1.807) is 0 Å². The highest BCUT2D eigenvalue weighted by Gasteiger charge is 2.54. The Balaban J connectivity index is 1.24. The largest absolute Gasteiger partial charge is 0.335 e. The zero-order valence-electron chi connectivity index (χ0n) is 14.8. The Hall–Kier alpha value is -0.770. The Morgan fingerprint density at radius 1 is 0.957 bits per heavy atom. The van der Waals surface area contributed by atoms with E-state index in [9.17, 15) is 4.79 Å². The minimum absolute atomic E-state index is 0.0973.